The molecule has 1 aliphatic rings. The predicted octanol–water partition coefficient (Wildman–Crippen LogP) is 4.01. The quantitative estimate of drug-likeness (QED) is 0.610. The monoisotopic (exact) mass is 396 g/mol. The van der Waals surface area contributed by atoms with Gasteiger partial charge < -0.3 is 13.9 Å². The number of thioether (sulfide) groups is 1. The number of fused-ring (bicyclic) bond motifs is 1. The summed E-state index contributed by atoms with van der Waals surface area (Å²) in [6.45, 7) is 1.90. The average molecular weight is 397 g/mol. The van der Waals surface area contributed by atoms with Crippen LogP contribution in [0.4, 0.5) is 0 Å². The fourth-order valence-electron chi connectivity index (χ4n) is 3.82. The van der Waals surface area contributed by atoms with Crippen LogP contribution in [0.25, 0.3) is 11.4 Å². The van der Waals surface area contributed by atoms with E-state index in [2.05, 4.69) is 34.5 Å². The lowest BCUT2D eigenvalue weighted by Gasteiger charge is -2.33. The Morgan fingerprint density at radius 1 is 1.32 bits per heavy atom. The molecule has 0 aliphatic heterocycles. The van der Waals surface area contributed by atoms with Crippen molar-refractivity contribution >= 4 is 17.7 Å². The first-order valence-corrected chi connectivity index (χ1v) is 10.4. The van der Waals surface area contributed by atoms with Gasteiger partial charge in [-0.2, -0.15) is 0 Å². The Balaban J connectivity index is 1.44. The molecule has 1 aliphatic carbocycles. The molecule has 0 saturated heterocycles. The van der Waals surface area contributed by atoms with Crippen LogP contribution < -0.4 is 0 Å². The summed E-state index contributed by atoms with van der Waals surface area (Å²) in [7, 11) is 3.82. The molecule has 0 fully saturated rings. The van der Waals surface area contributed by atoms with Crippen molar-refractivity contribution in [2.45, 2.75) is 37.4 Å². The highest BCUT2D eigenvalue weighted by Gasteiger charge is 2.26. The summed E-state index contributed by atoms with van der Waals surface area (Å²) in [5, 5.41) is 9.25. The number of aryl methyl sites for hydroxylation is 2. The van der Waals surface area contributed by atoms with Crippen LogP contribution in [0.2, 0.25) is 0 Å². The topological polar surface area (TPSA) is 64.2 Å². The van der Waals surface area contributed by atoms with E-state index in [0.29, 0.717) is 5.75 Å². The number of rotatable bonds is 5. The zero-order chi connectivity index (χ0) is 19.7. The van der Waals surface area contributed by atoms with E-state index < -0.39 is 0 Å². The summed E-state index contributed by atoms with van der Waals surface area (Å²) in [6.07, 6.45) is 4.87. The van der Waals surface area contributed by atoms with E-state index >= 15 is 0 Å². The molecule has 0 spiro atoms. The van der Waals surface area contributed by atoms with E-state index in [1.807, 2.05) is 36.6 Å². The van der Waals surface area contributed by atoms with Crippen LogP contribution in [0.3, 0.4) is 0 Å². The van der Waals surface area contributed by atoms with Crippen LogP contribution in [0.15, 0.2) is 46.2 Å². The van der Waals surface area contributed by atoms with Gasteiger partial charge in [0.1, 0.15) is 5.76 Å². The van der Waals surface area contributed by atoms with Gasteiger partial charge in [-0.25, -0.2) is 0 Å². The van der Waals surface area contributed by atoms with Crippen LogP contribution in [-0.2, 0) is 18.3 Å². The minimum Gasteiger partial charge on any atom is -0.469 e. The van der Waals surface area contributed by atoms with Crippen LogP contribution in [-0.4, -0.2) is 38.4 Å². The SMILES string of the molecule is Cc1occc1-c1nnc(SCC(=O)N(C)C2CCCc3ccccc32)n1C. The molecule has 2 heterocycles. The normalized spacial score (nSPS) is 16.0. The Morgan fingerprint density at radius 2 is 2.14 bits per heavy atom. The maximum absolute atomic E-state index is 12.9. The molecule has 1 aromatic carbocycles. The predicted molar refractivity (Wildman–Crippen MR) is 109 cm³/mol. The number of aromatic nitrogens is 3. The number of furan rings is 1. The molecule has 0 bridgehead atoms. The minimum absolute atomic E-state index is 0.107. The van der Waals surface area contributed by atoms with Crippen LogP contribution in [0, 0.1) is 6.92 Å². The third-order valence-corrected chi connectivity index (χ3v) is 6.46. The van der Waals surface area contributed by atoms with Crippen molar-refractivity contribution in [2.24, 2.45) is 7.05 Å². The van der Waals surface area contributed by atoms with Crippen LogP contribution in [0.1, 0.15) is 35.8 Å². The number of carbonyl (C=O) groups excluding carboxylic acids is 1. The van der Waals surface area contributed by atoms with E-state index in [9.17, 15) is 4.79 Å². The number of amides is 1. The van der Waals surface area contributed by atoms with Gasteiger partial charge in [0.05, 0.1) is 23.6 Å². The van der Waals surface area contributed by atoms with Crippen molar-refractivity contribution in [1.82, 2.24) is 19.7 Å². The Labute approximate surface area is 168 Å². The summed E-state index contributed by atoms with van der Waals surface area (Å²) in [4.78, 5) is 14.8. The first kappa shape index (κ1) is 18.8. The Kier molecular flexibility index (Phi) is 5.26. The lowest BCUT2D eigenvalue weighted by Crippen LogP contribution is -2.34. The van der Waals surface area contributed by atoms with Crippen LogP contribution in [0.5, 0.6) is 0 Å². The molecule has 28 heavy (non-hydrogen) atoms. The standard InChI is InChI=1S/C21H24N4O2S/c1-14-16(11-12-27-14)20-22-23-21(25(20)3)28-13-19(26)24(2)18-10-6-8-15-7-4-5-9-17(15)18/h4-5,7,9,11-12,18H,6,8,10,13H2,1-3H3. The van der Waals surface area contributed by atoms with Gasteiger partial charge in [0.25, 0.3) is 0 Å². The van der Waals surface area contributed by atoms with E-state index in [0.717, 1.165) is 41.6 Å². The highest BCUT2D eigenvalue weighted by Crippen LogP contribution is 2.34. The van der Waals surface area contributed by atoms with E-state index in [1.54, 1.807) is 6.26 Å². The van der Waals surface area contributed by atoms with E-state index in [1.165, 1.54) is 22.9 Å². The van der Waals surface area contributed by atoms with Gasteiger partial charge in [-0.15, -0.1) is 10.2 Å². The zero-order valence-corrected chi connectivity index (χ0v) is 17.2. The Bertz CT molecular complexity index is 994. The van der Waals surface area contributed by atoms with Gasteiger partial charge in [-0.05, 0) is 43.4 Å². The first-order chi connectivity index (χ1) is 13.6. The third-order valence-electron chi connectivity index (χ3n) is 5.46. The lowest BCUT2D eigenvalue weighted by molar-refractivity contribution is -0.129. The molecule has 6 nitrogen and oxygen atoms in total. The van der Waals surface area contributed by atoms with Gasteiger partial charge in [-0.1, -0.05) is 36.0 Å². The van der Waals surface area contributed by atoms with Gasteiger partial charge in [-0.3, -0.25) is 4.79 Å². The van der Waals surface area contributed by atoms with Crippen LogP contribution >= 0.6 is 11.8 Å². The second-order valence-corrected chi connectivity index (χ2v) is 8.10. The zero-order valence-electron chi connectivity index (χ0n) is 16.4. The molecule has 0 N–H and O–H groups in total. The number of hydrogen-bond acceptors (Lipinski definition) is 5. The number of nitrogens with zero attached hydrogens (tertiary/aromatic N) is 4. The first-order valence-electron chi connectivity index (χ1n) is 9.46. The highest BCUT2D eigenvalue weighted by atomic mass is 32.2. The summed E-state index contributed by atoms with van der Waals surface area (Å²) < 4.78 is 7.27. The third kappa shape index (κ3) is 3.46. The molecule has 0 saturated carbocycles. The van der Waals surface area contributed by atoms with Crippen molar-refractivity contribution < 1.29 is 9.21 Å². The van der Waals surface area contributed by atoms with Gasteiger partial charge in [0, 0.05) is 14.1 Å². The molecular formula is C21H24N4O2S. The second kappa shape index (κ2) is 7.83. The highest BCUT2D eigenvalue weighted by molar-refractivity contribution is 7.99. The number of hydrogen-bond donors (Lipinski definition) is 0. The molecule has 0 radical (unpaired) electrons. The van der Waals surface area contributed by atoms with E-state index in [-0.39, 0.29) is 11.9 Å². The van der Waals surface area contributed by atoms with Crippen molar-refractivity contribution in [3.8, 4) is 11.4 Å². The smallest absolute Gasteiger partial charge is 0.233 e. The Morgan fingerprint density at radius 3 is 2.93 bits per heavy atom. The summed E-state index contributed by atoms with van der Waals surface area (Å²) in [6, 6.07) is 10.5. The maximum Gasteiger partial charge on any atom is 0.233 e. The molecule has 1 atom stereocenters. The molecule has 3 aromatic rings. The van der Waals surface area contributed by atoms with Crippen molar-refractivity contribution in [2.75, 3.05) is 12.8 Å². The van der Waals surface area contributed by atoms with Crippen molar-refractivity contribution in [3.63, 3.8) is 0 Å². The number of benzene rings is 1. The molecule has 1 amide bonds. The maximum atomic E-state index is 12.9. The number of carbonyl (C=O) groups is 1. The Hall–Kier alpha value is -2.54. The van der Waals surface area contributed by atoms with Gasteiger partial charge >= 0.3 is 0 Å². The van der Waals surface area contributed by atoms with Gasteiger partial charge in [0.2, 0.25) is 5.91 Å². The minimum atomic E-state index is 0.107. The summed E-state index contributed by atoms with van der Waals surface area (Å²) in [5.74, 6) is 2.00. The van der Waals surface area contributed by atoms with Crippen molar-refractivity contribution in [3.05, 3.63) is 53.5 Å². The van der Waals surface area contributed by atoms with E-state index in [4.69, 9.17) is 4.42 Å². The summed E-state index contributed by atoms with van der Waals surface area (Å²) in [5.41, 5.74) is 3.56. The molecule has 2 aromatic heterocycles. The molecular weight excluding hydrogens is 372 g/mol. The second-order valence-electron chi connectivity index (χ2n) is 7.16. The summed E-state index contributed by atoms with van der Waals surface area (Å²) >= 11 is 1.42. The van der Waals surface area contributed by atoms with Gasteiger partial charge in [0.15, 0.2) is 11.0 Å². The van der Waals surface area contributed by atoms with Crippen molar-refractivity contribution in [1.29, 1.82) is 0 Å². The fourth-order valence-corrected chi connectivity index (χ4v) is 4.66. The lowest BCUT2D eigenvalue weighted by atomic mass is 9.87. The largest absolute Gasteiger partial charge is 0.469 e. The fraction of sp³-hybridized carbons (Fsp3) is 0.381. The molecule has 1 unspecified atom stereocenters. The molecule has 7 heteroatoms. The molecule has 4 rings (SSSR count). The average Bonchev–Trinajstić information content (AvgIpc) is 3.30. The molecule has 146 valence electrons.